The van der Waals surface area contributed by atoms with Gasteiger partial charge in [0.05, 0.1) is 11.3 Å². The van der Waals surface area contributed by atoms with Gasteiger partial charge in [0.1, 0.15) is 0 Å². The van der Waals surface area contributed by atoms with E-state index in [4.69, 9.17) is 0 Å². The predicted molar refractivity (Wildman–Crippen MR) is 127 cm³/mol. The van der Waals surface area contributed by atoms with Gasteiger partial charge in [0.2, 0.25) is 5.91 Å². The third kappa shape index (κ3) is 5.61. The lowest BCUT2D eigenvalue weighted by Crippen LogP contribution is -2.47. The van der Waals surface area contributed by atoms with Gasteiger partial charge in [-0.15, -0.1) is 0 Å². The lowest BCUT2D eigenvalue weighted by atomic mass is 9.91. The van der Waals surface area contributed by atoms with Crippen molar-refractivity contribution in [2.24, 2.45) is 17.8 Å². The molecule has 2 aliphatic heterocycles. The number of anilines is 1. The summed E-state index contributed by atoms with van der Waals surface area (Å²) in [5.74, 6) is 0.718. The molecule has 0 aromatic heterocycles. The van der Waals surface area contributed by atoms with Gasteiger partial charge in [0.25, 0.3) is 5.91 Å². The Morgan fingerprint density at radius 3 is 2.16 bits per heavy atom. The van der Waals surface area contributed by atoms with Crippen LogP contribution in [0.4, 0.5) is 10.5 Å². The Morgan fingerprint density at radius 2 is 1.56 bits per heavy atom. The van der Waals surface area contributed by atoms with Crippen molar-refractivity contribution in [2.75, 3.05) is 44.6 Å². The molecule has 176 valence electrons. The molecule has 0 bridgehead atoms. The maximum absolute atomic E-state index is 13.2. The third-order valence-corrected chi connectivity index (χ3v) is 6.74. The number of benzene rings is 1. The second-order valence-electron chi connectivity index (χ2n) is 9.41. The minimum Gasteiger partial charge on any atom is -0.338 e. The van der Waals surface area contributed by atoms with E-state index in [0.29, 0.717) is 62.1 Å². The lowest BCUT2D eigenvalue weighted by Gasteiger charge is -2.35. The van der Waals surface area contributed by atoms with Gasteiger partial charge in [-0.2, -0.15) is 0 Å². The highest BCUT2D eigenvalue weighted by Gasteiger charge is 2.31. The standard InChI is InChI=1S/C25H38N4O3/c1-5-27(6-2)25(32)28-13-11-20(12-14-28)23(30)26-22-10-8-7-9-21(22)24(31)29-16-18(3)15-19(4)17-29/h7-10,18-20H,5-6,11-17H2,1-4H3,(H,26,30). The highest BCUT2D eigenvalue weighted by Crippen LogP contribution is 2.26. The number of hydrogen-bond acceptors (Lipinski definition) is 3. The predicted octanol–water partition coefficient (Wildman–Crippen LogP) is 3.92. The van der Waals surface area contributed by atoms with Crippen LogP contribution in [0.25, 0.3) is 0 Å². The highest BCUT2D eigenvalue weighted by atomic mass is 16.2. The summed E-state index contributed by atoms with van der Waals surface area (Å²) in [6, 6.07) is 7.35. The van der Waals surface area contributed by atoms with E-state index in [2.05, 4.69) is 19.2 Å². The summed E-state index contributed by atoms with van der Waals surface area (Å²) in [4.78, 5) is 44.4. The van der Waals surface area contributed by atoms with Crippen LogP contribution in [0, 0.1) is 17.8 Å². The van der Waals surface area contributed by atoms with Crippen LogP contribution < -0.4 is 5.32 Å². The van der Waals surface area contributed by atoms with Crippen LogP contribution in [0.1, 0.15) is 57.3 Å². The zero-order chi connectivity index (χ0) is 23.3. The molecule has 2 atom stereocenters. The lowest BCUT2D eigenvalue weighted by molar-refractivity contribution is -0.121. The van der Waals surface area contributed by atoms with E-state index in [1.165, 1.54) is 0 Å². The first-order valence-corrected chi connectivity index (χ1v) is 12.1. The summed E-state index contributed by atoms with van der Waals surface area (Å²) < 4.78 is 0. The minimum absolute atomic E-state index is 0.0149. The van der Waals surface area contributed by atoms with Crippen LogP contribution in [0.5, 0.6) is 0 Å². The van der Waals surface area contributed by atoms with Crippen LogP contribution in [0.15, 0.2) is 24.3 Å². The summed E-state index contributed by atoms with van der Waals surface area (Å²) in [6.45, 7) is 12.4. The molecule has 32 heavy (non-hydrogen) atoms. The summed E-state index contributed by atoms with van der Waals surface area (Å²) in [5.41, 5.74) is 1.13. The molecule has 0 aliphatic carbocycles. The van der Waals surface area contributed by atoms with Crippen molar-refractivity contribution in [3.63, 3.8) is 0 Å². The smallest absolute Gasteiger partial charge is 0.319 e. The Morgan fingerprint density at radius 1 is 0.969 bits per heavy atom. The zero-order valence-corrected chi connectivity index (χ0v) is 20.0. The Kier molecular flexibility index (Phi) is 8.15. The summed E-state index contributed by atoms with van der Waals surface area (Å²) in [6.07, 6.45) is 2.41. The van der Waals surface area contributed by atoms with Gasteiger partial charge in [-0.25, -0.2) is 4.79 Å². The topological polar surface area (TPSA) is 73.0 Å². The van der Waals surface area contributed by atoms with Gasteiger partial charge in [-0.1, -0.05) is 26.0 Å². The number of amides is 4. The molecule has 2 aliphatic rings. The van der Waals surface area contributed by atoms with Gasteiger partial charge in [-0.05, 0) is 57.1 Å². The first-order valence-electron chi connectivity index (χ1n) is 12.1. The molecular formula is C25H38N4O3. The molecule has 0 saturated carbocycles. The minimum atomic E-state index is -0.158. The van der Waals surface area contributed by atoms with E-state index < -0.39 is 0 Å². The van der Waals surface area contributed by atoms with Gasteiger partial charge in [0, 0.05) is 45.2 Å². The van der Waals surface area contributed by atoms with E-state index in [9.17, 15) is 14.4 Å². The second-order valence-corrected chi connectivity index (χ2v) is 9.41. The van der Waals surface area contributed by atoms with Crippen molar-refractivity contribution in [1.82, 2.24) is 14.7 Å². The number of piperidine rings is 2. The largest absolute Gasteiger partial charge is 0.338 e. The molecule has 2 unspecified atom stereocenters. The molecule has 1 aromatic carbocycles. The van der Waals surface area contributed by atoms with Crippen LogP contribution in [0.3, 0.4) is 0 Å². The van der Waals surface area contributed by atoms with Gasteiger partial charge < -0.3 is 20.0 Å². The summed E-state index contributed by atoms with van der Waals surface area (Å²) in [5, 5.41) is 3.01. The van der Waals surface area contributed by atoms with Crippen LogP contribution >= 0.6 is 0 Å². The average molecular weight is 443 g/mol. The Balaban J connectivity index is 1.62. The van der Waals surface area contributed by atoms with E-state index in [1.807, 2.05) is 40.7 Å². The molecule has 2 saturated heterocycles. The van der Waals surface area contributed by atoms with Crippen LogP contribution in [-0.2, 0) is 4.79 Å². The molecule has 2 fully saturated rings. The number of hydrogen-bond donors (Lipinski definition) is 1. The molecule has 3 rings (SSSR count). The zero-order valence-electron chi connectivity index (χ0n) is 20.0. The number of likely N-dealkylation sites (tertiary alicyclic amines) is 2. The molecule has 0 radical (unpaired) electrons. The monoisotopic (exact) mass is 442 g/mol. The van der Waals surface area contributed by atoms with Crippen molar-refractivity contribution in [2.45, 2.75) is 47.0 Å². The first kappa shape index (κ1) is 24.1. The van der Waals surface area contributed by atoms with Crippen molar-refractivity contribution in [3.05, 3.63) is 29.8 Å². The van der Waals surface area contributed by atoms with Gasteiger partial charge >= 0.3 is 6.03 Å². The molecule has 2 heterocycles. The molecule has 4 amide bonds. The molecule has 7 nitrogen and oxygen atoms in total. The van der Waals surface area contributed by atoms with Crippen molar-refractivity contribution in [1.29, 1.82) is 0 Å². The fraction of sp³-hybridized carbons (Fsp3) is 0.640. The number of para-hydroxylation sites is 1. The average Bonchev–Trinajstić information content (AvgIpc) is 2.79. The van der Waals surface area contributed by atoms with Gasteiger partial charge in [0.15, 0.2) is 0 Å². The Labute approximate surface area is 192 Å². The van der Waals surface area contributed by atoms with E-state index in [1.54, 1.807) is 12.1 Å². The van der Waals surface area contributed by atoms with Crippen molar-refractivity contribution >= 4 is 23.5 Å². The molecule has 0 spiro atoms. The summed E-state index contributed by atoms with van der Waals surface area (Å²) in [7, 11) is 0. The molecule has 1 aromatic rings. The number of carbonyl (C=O) groups is 3. The van der Waals surface area contributed by atoms with Crippen molar-refractivity contribution in [3.8, 4) is 0 Å². The molecular weight excluding hydrogens is 404 g/mol. The number of nitrogens with zero attached hydrogens (tertiary/aromatic N) is 3. The van der Waals surface area contributed by atoms with E-state index in [-0.39, 0.29) is 23.8 Å². The molecule has 1 N–H and O–H groups in total. The maximum atomic E-state index is 13.2. The highest BCUT2D eigenvalue weighted by molar-refractivity contribution is 6.04. The quantitative estimate of drug-likeness (QED) is 0.751. The number of nitrogens with one attached hydrogen (secondary N) is 1. The number of carbonyl (C=O) groups excluding carboxylic acids is 3. The summed E-state index contributed by atoms with van der Waals surface area (Å²) >= 11 is 0. The normalized spacial score (nSPS) is 21.9. The third-order valence-electron chi connectivity index (χ3n) is 6.74. The first-order chi connectivity index (χ1) is 15.3. The SMILES string of the molecule is CCN(CC)C(=O)N1CCC(C(=O)Nc2ccccc2C(=O)N2CC(C)CC(C)C2)CC1. The van der Waals surface area contributed by atoms with Crippen molar-refractivity contribution < 1.29 is 14.4 Å². The second kappa shape index (κ2) is 10.8. The maximum Gasteiger partial charge on any atom is 0.319 e. The number of urea groups is 1. The van der Waals surface area contributed by atoms with Crippen LogP contribution in [-0.4, -0.2) is 71.8 Å². The number of rotatable bonds is 5. The Hall–Kier alpha value is -2.57. The molecule has 7 heteroatoms. The van der Waals surface area contributed by atoms with E-state index in [0.717, 1.165) is 19.5 Å². The fourth-order valence-electron chi connectivity index (χ4n) is 5.04. The van der Waals surface area contributed by atoms with Crippen LogP contribution in [0.2, 0.25) is 0 Å². The fourth-order valence-corrected chi connectivity index (χ4v) is 5.04. The van der Waals surface area contributed by atoms with Gasteiger partial charge in [-0.3, -0.25) is 9.59 Å². The Bertz CT molecular complexity index is 805. The van der Waals surface area contributed by atoms with E-state index >= 15 is 0 Å².